The van der Waals surface area contributed by atoms with Crippen molar-refractivity contribution in [3.8, 4) is 22.4 Å². The molecule has 0 bridgehead atoms. The van der Waals surface area contributed by atoms with Crippen molar-refractivity contribution in [3.63, 3.8) is 0 Å². The maximum absolute atomic E-state index is 12.7. The van der Waals surface area contributed by atoms with Crippen LogP contribution in [0.2, 0.25) is 5.15 Å². The number of anilines is 1. The lowest BCUT2D eigenvalue weighted by atomic mass is 9.99. The Morgan fingerprint density at radius 3 is 2.56 bits per heavy atom. The van der Waals surface area contributed by atoms with E-state index in [0.717, 1.165) is 27.9 Å². The van der Waals surface area contributed by atoms with Crippen molar-refractivity contribution in [2.45, 2.75) is 13.5 Å². The van der Waals surface area contributed by atoms with E-state index in [0.29, 0.717) is 22.1 Å². The predicted octanol–water partition coefficient (Wildman–Crippen LogP) is 3.67. The molecular formula is C24H21ClN8O. The number of hydrogen-bond donors (Lipinski definition) is 2. The second-order valence-corrected chi connectivity index (χ2v) is 8.23. The lowest BCUT2D eigenvalue weighted by Crippen LogP contribution is -2.23. The average molecular weight is 473 g/mol. The van der Waals surface area contributed by atoms with Crippen LogP contribution in [-0.4, -0.2) is 35.0 Å². The van der Waals surface area contributed by atoms with Crippen LogP contribution in [0.1, 0.15) is 21.6 Å². The molecule has 0 saturated carbocycles. The number of halogens is 1. The maximum atomic E-state index is 12.7. The number of nitrogen functional groups attached to an aromatic ring is 1. The summed E-state index contributed by atoms with van der Waals surface area (Å²) in [5.41, 5.74) is 11.7. The number of aromatic nitrogens is 6. The average Bonchev–Trinajstić information content (AvgIpc) is 3.35. The molecule has 4 aromatic heterocycles. The second-order valence-electron chi connectivity index (χ2n) is 7.87. The molecule has 0 aliphatic rings. The Morgan fingerprint density at radius 1 is 1.12 bits per heavy atom. The third-order valence-electron chi connectivity index (χ3n) is 5.49. The van der Waals surface area contributed by atoms with Crippen molar-refractivity contribution < 1.29 is 4.79 Å². The number of rotatable bonds is 5. The van der Waals surface area contributed by atoms with Crippen LogP contribution in [-0.2, 0) is 13.6 Å². The fraction of sp³-hybridized carbons (Fsp3) is 0.125. The van der Waals surface area contributed by atoms with Gasteiger partial charge in [0.1, 0.15) is 16.5 Å². The molecular weight excluding hydrogens is 452 g/mol. The first-order valence-corrected chi connectivity index (χ1v) is 10.9. The first-order chi connectivity index (χ1) is 16.4. The molecule has 170 valence electrons. The van der Waals surface area contributed by atoms with Crippen LogP contribution in [0, 0.1) is 6.92 Å². The van der Waals surface area contributed by atoms with Gasteiger partial charge >= 0.3 is 0 Å². The minimum atomic E-state index is -0.244. The predicted molar refractivity (Wildman–Crippen MR) is 130 cm³/mol. The highest BCUT2D eigenvalue weighted by atomic mass is 35.5. The maximum Gasteiger partial charge on any atom is 0.251 e. The van der Waals surface area contributed by atoms with E-state index in [4.69, 9.17) is 22.3 Å². The van der Waals surface area contributed by atoms with E-state index in [9.17, 15) is 4.79 Å². The number of pyridine rings is 1. The Balaban J connectivity index is 1.47. The first kappa shape index (κ1) is 21.6. The minimum Gasteiger partial charge on any atom is -0.368 e. The summed E-state index contributed by atoms with van der Waals surface area (Å²) < 4.78 is 3.54. The molecule has 9 nitrogen and oxygen atoms in total. The van der Waals surface area contributed by atoms with Crippen LogP contribution in [0.15, 0.2) is 61.2 Å². The Morgan fingerprint density at radius 2 is 1.85 bits per heavy atom. The molecule has 0 aliphatic carbocycles. The lowest BCUT2D eigenvalue weighted by molar-refractivity contribution is 0.0951. The largest absolute Gasteiger partial charge is 0.368 e. The number of benzene rings is 1. The summed E-state index contributed by atoms with van der Waals surface area (Å²) in [5, 5.41) is 7.78. The normalized spacial score (nSPS) is 11.1. The fourth-order valence-corrected chi connectivity index (χ4v) is 4.14. The lowest BCUT2D eigenvalue weighted by Gasteiger charge is -2.07. The zero-order valence-corrected chi connectivity index (χ0v) is 19.3. The van der Waals surface area contributed by atoms with Gasteiger partial charge in [0.2, 0.25) is 5.95 Å². The van der Waals surface area contributed by atoms with Crippen molar-refractivity contribution in [2.24, 2.45) is 7.05 Å². The van der Waals surface area contributed by atoms with Crippen LogP contribution in [0.5, 0.6) is 0 Å². The Labute approximate surface area is 200 Å². The Kier molecular flexibility index (Phi) is 5.46. The van der Waals surface area contributed by atoms with Crippen LogP contribution >= 0.6 is 11.6 Å². The number of aryl methyl sites for hydroxylation is 2. The van der Waals surface area contributed by atoms with Gasteiger partial charge in [0.15, 0.2) is 0 Å². The van der Waals surface area contributed by atoms with Gasteiger partial charge in [-0.15, -0.1) is 0 Å². The molecule has 5 rings (SSSR count). The number of amides is 1. The highest BCUT2D eigenvalue weighted by molar-refractivity contribution is 6.32. The molecule has 0 atom stereocenters. The first-order valence-electron chi connectivity index (χ1n) is 10.5. The van der Waals surface area contributed by atoms with Crippen LogP contribution < -0.4 is 11.1 Å². The molecule has 0 saturated heterocycles. The SMILES string of the molecule is Cc1nn(C)cc1-c1ccccc1-c1nc2cc(C(=O)NCc3cnc(N)nc3)ccn2c1Cl. The summed E-state index contributed by atoms with van der Waals surface area (Å²) in [6.07, 6.45) is 6.88. The standard InChI is InChI=1S/C24H21ClN8O/c1-14-19(13-32(2)31-14)17-5-3-4-6-18(17)21-22(25)33-8-7-16(9-20(33)30-21)23(34)27-10-15-11-28-24(26)29-12-15/h3-9,11-13H,10H2,1-2H3,(H,27,34)(H2,26,28,29). The summed E-state index contributed by atoms with van der Waals surface area (Å²) in [5.74, 6) is -0.0563. The third kappa shape index (κ3) is 3.97. The molecule has 5 aromatic rings. The van der Waals surface area contributed by atoms with Gasteiger partial charge in [-0.1, -0.05) is 35.9 Å². The molecule has 10 heteroatoms. The molecule has 0 unspecified atom stereocenters. The van der Waals surface area contributed by atoms with Gasteiger partial charge in [-0.05, 0) is 24.6 Å². The number of carbonyl (C=O) groups is 1. The highest BCUT2D eigenvalue weighted by Crippen LogP contribution is 2.37. The summed E-state index contributed by atoms with van der Waals surface area (Å²) in [6.45, 7) is 2.25. The molecule has 0 aliphatic heterocycles. The third-order valence-corrected chi connectivity index (χ3v) is 5.86. The van der Waals surface area contributed by atoms with Gasteiger partial charge in [-0.3, -0.25) is 13.9 Å². The van der Waals surface area contributed by atoms with Gasteiger partial charge in [-0.2, -0.15) is 5.10 Å². The van der Waals surface area contributed by atoms with Crippen molar-refractivity contribution in [3.05, 3.63) is 83.2 Å². The monoisotopic (exact) mass is 472 g/mol. The molecule has 1 amide bonds. The van der Waals surface area contributed by atoms with Crippen LogP contribution in [0.3, 0.4) is 0 Å². The summed E-state index contributed by atoms with van der Waals surface area (Å²) in [7, 11) is 1.89. The van der Waals surface area contributed by atoms with E-state index >= 15 is 0 Å². The molecule has 0 radical (unpaired) electrons. The number of hydrogen-bond acceptors (Lipinski definition) is 6. The number of imidazole rings is 1. The van der Waals surface area contributed by atoms with Gasteiger partial charge in [0.25, 0.3) is 5.91 Å². The summed E-state index contributed by atoms with van der Waals surface area (Å²) in [4.78, 5) is 25.3. The number of nitrogens with zero attached hydrogens (tertiary/aromatic N) is 6. The molecule has 3 N–H and O–H groups in total. The zero-order chi connectivity index (χ0) is 23.8. The van der Waals surface area contributed by atoms with Gasteiger partial charge in [0, 0.05) is 60.6 Å². The van der Waals surface area contributed by atoms with E-state index in [-0.39, 0.29) is 18.4 Å². The number of carbonyl (C=O) groups excluding carboxylic acids is 1. The molecule has 4 heterocycles. The summed E-state index contributed by atoms with van der Waals surface area (Å²) >= 11 is 6.74. The Hall–Kier alpha value is -4.24. The van der Waals surface area contributed by atoms with Gasteiger partial charge in [0.05, 0.1) is 5.69 Å². The zero-order valence-electron chi connectivity index (χ0n) is 18.5. The van der Waals surface area contributed by atoms with E-state index in [1.807, 2.05) is 44.4 Å². The van der Waals surface area contributed by atoms with Crippen molar-refractivity contribution >= 4 is 29.1 Å². The van der Waals surface area contributed by atoms with E-state index in [1.54, 1.807) is 39.8 Å². The molecule has 1 aromatic carbocycles. The van der Waals surface area contributed by atoms with Crippen LogP contribution in [0.4, 0.5) is 5.95 Å². The topological polar surface area (TPSA) is 116 Å². The van der Waals surface area contributed by atoms with E-state index < -0.39 is 0 Å². The van der Waals surface area contributed by atoms with Crippen LogP contribution in [0.25, 0.3) is 28.0 Å². The van der Waals surface area contributed by atoms with Crippen molar-refractivity contribution in [1.29, 1.82) is 0 Å². The van der Waals surface area contributed by atoms with Crippen molar-refractivity contribution in [1.82, 2.24) is 34.4 Å². The Bertz CT molecular complexity index is 1520. The number of fused-ring (bicyclic) bond motifs is 1. The van der Waals surface area contributed by atoms with Crippen molar-refractivity contribution in [2.75, 3.05) is 5.73 Å². The minimum absolute atomic E-state index is 0.188. The van der Waals surface area contributed by atoms with E-state index in [2.05, 4.69) is 20.4 Å². The van der Waals surface area contributed by atoms with E-state index in [1.165, 1.54) is 0 Å². The molecule has 0 fully saturated rings. The smallest absolute Gasteiger partial charge is 0.251 e. The van der Waals surface area contributed by atoms with Gasteiger partial charge < -0.3 is 11.1 Å². The molecule has 0 spiro atoms. The highest BCUT2D eigenvalue weighted by Gasteiger charge is 2.19. The van der Waals surface area contributed by atoms with Gasteiger partial charge in [-0.25, -0.2) is 15.0 Å². The number of nitrogens with one attached hydrogen (secondary N) is 1. The summed E-state index contributed by atoms with van der Waals surface area (Å²) in [6, 6.07) is 11.4. The quantitative estimate of drug-likeness (QED) is 0.403. The number of nitrogens with two attached hydrogens (primary N) is 1. The second kappa shape index (κ2) is 8.60. The fourth-order valence-electron chi connectivity index (χ4n) is 3.86. The molecule has 34 heavy (non-hydrogen) atoms.